The van der Waals surface area contributed by atoms with Gasteiger partial charge in [-0.05, 0) is 57.5 Å². The summed E-state index contributed by atoms with van der Waals surface area (Å²) in [5.74, 6) is 0.500. The molecule has 0 amide bonds. The van der Waals surface area contributed by atoms with Crippen molar-refractivity contribution in [3.63, 3.8) is 0 Å². The molecule has 0 bridgehead atoms. The molecule has 2 saturated heterocycles. The van der Waals surface area contributed by atoms with Crippen molar-refractivity contribution in [2.75, 3.05) is 32.7 Å². The van der Waals surface area contributed by atoms with Gasteiger partial charge in [0.2, 0.25) is 0 Å². The summed E-state index contributed by atoms with van der Waals surface area (Å²) < 4.78 is 27.7. The molecule has 0 radical (unpaired) electrons. The number of para-hydroxylation sites is 1. The van der Waals surface area contributed by atoms with Gasteiger partial charge in [0, 0.05) is 13.1 Å². The van der Waals surface area contributed by atoms with Crippen molar-refractivity contribution >= 4 is 10.9 Å². The second-order valence-electron chi connectivity index (χ2n) is 7.89. The van der Waals surface area contributed by atoms with Crippen LogP contribution >= 0.6 is 0 Å². The van der Waals surface area contributed by atoms with Crippen molar-refractivity contribution in [1.29, 1.82) is 0 Å². The predicted molar refractivity (Wildman–Crippen MR) is 106 cm³/mol. The summed E-state index contributed by atoms with van der Waals surface area (Å²) in [5, 5.41) is 0.407. The van der Waals surface area contributed by atoms with E-state index in [1.54, 1.807) is 18.2 Å². The van der Waals surface area contributed by atoms with Crippen LogP contribution in [0.3, 0.4) is 0 Å². The van der Waals surface area contributed by atoms with E-state index in [9.17, 15) is 13.6 Å². The van der Waals surface area contributed by atoms with Gasteiger partial charge in [-0.3, -0.25) is 14.3 Å². The Bertz CT molecular complexity index is 863. The summed E-state index contributed by atoms with van der Waals surface area (Å²) in [6, 6.07) is 6.97. The Balaban J connectivity index is 1.63. The van der Waals surface area contributed by atoms with E-state index in [1.165, 1.54) is 23.8 Å². The molecule has 2 aliphatic heterocycles. The molecule has 28 heavy (non-hydrogen) atoms. The van der Waals surface area contributed by atoms with Crippen molar-refractivity contribution < 1.29 is 8.78 Å². The molecule has 2 aromatic rings. The van der Waals surface area contributed by atoms with Crippen LogP contribution in [0.4, 0.5) is 8.78 Å². The number of nitrogens with zero attached hydrogens (tertiary/aromatic N) is 4. The number of aromatic nitrogens is 2. The third kappa shape index (κ3) is 4.10. The lowest BCUT2D eigenvalue weighted by Crippen LogP contribution is -2.39. The standard InChI is InChI=1S/C21H28F2N4O/c22-19(23)15-27-20(24-17-8-3-2-7-16(17)21(27)28)18-9-6-12-26(18)14-13-25-10-4-1-5-11-25/h2-3,7-8,18-19H,1,4-6,9-15H2. The molecule has 7 heteroatoms. The fourth-order valence-corrected chi connectivity index (χ4v) is 4.59. The van der Waals surface area contributed by atoms with Crippen LogP contribution in [0.15, 0.2) is 29.1 Å². The lowest BCUT2D eigenvalue weighted by atomic mass is 10.1. The summed E-state index contributed by atoms with van der Waals surface area (Å²) >= 11 is 0. The van der Waals surface area contributed by atoms with Crippen LogP contribution in [0.2, 0.25) is 0 Å². The molecular weight excluding hydrogens is 362 g/mol. The monoisotopic (exact) mass is 390 g/mol. The molecule has 152 valence electrons. The van der Waals surface area contributed by atoms with E-state index in [2.05, 4.69) is 9.80 Å². The molecule has 0 aliphatic carbocycles. The van der Waals surface area contributed by atoms with Gasteiger partial charge in [0.25, 0.3) is 12.0 Å². The highest BCUT2D eigenvalue weighted by atomic mass is 19.3. The van der Waals surface area contributed by atoms with Gasteiger partial charge in [-0.1, -0.05) is 18.6 Å². The fourth-order valence-electron chi connectivity index (χ4n) is 4.59. The van der Waals surface area contributed by atoms with E-state index in [0.29, 0.717) is 16.7 Å². The number of benzene rings is 1. The molecule has 2 fully saturated rings. The van der Waals surface area contributed by atoms with Gasteiger partial charge < -0.3 is 4.90 Å². The summed E-state index contributed by atoms with van der Waals surface area (Å²) in [4.78, 5) is 22.4. The van der Waals surface area contributed by atoms with Crippen LogP contribution in [0.25, 0.3) is 10.9 Å². The Morgan fingerprint density at radius 3 is 2.61 bits per heavy atom. The Hall–Kier alpha value is -1.86. The number of likely N-dealkylation sites (tertiary alicyclic amines) is 2. The lowest BCUT2D eigenvalue weighted by Gasteiger charge is -2.31. The molecular formula is C21H28F2N4O. The van der Waals surface area contributed by atoms with Crippen molar-refractivity contribution in [3.8, 4) is 0 Å². The zero-order valence-corrected chi connectivity index (χ0v) is 16.2. The molecule has 1 unspecified atom stereocenters. The highest BCUT2D eigenvalue weighted by molar-refractivity contribution is 5.77. The second kappa shape index (κ2) is 8.66. The SMILES string of the molecule is O=c1c2ccccc2nc(C2CCCN2CCN2CCCCC2)n1CC(F)F. The maximum atomic E-state index is 13.2. The minimum absolute atomic E-state index is 0.0687. The molecule has 3 heterocycles. The number of hydrogen-bond acceptors (Lipinski definition) is 4. The van der Waals surface area contributed by atoms with Crippen LogP contribution in [0, 0.1) is 0 Å². The first kappa shape index (κ1) is 19.5. The van der Waals surface area contributed by atoms with Gasteiger partial charge in [-0.25, -0.2) is 13.8 Å². The van der Waals surface area contributed by atoms with Crippen molar-refractivity contribution in [3.05, 3.63) is 40.4 Å². The van der Waals surface area contributed by atoms with E-state index < -0.39 is 13.0 Å². The number of hydrogen-bond donors (Lipinski definition) is 0. The first-order chi connectivity index (χ1) is 13.6. The van der Waals surface area contributed by atoms with Gasteiger partial charge in [-0.15, -0.1) is 0 Å². The first-order valence-electron chi connectivity index (χ1n) is 10.4. The van der Waals surface area contributed by atoms with Crippen LogP contribution in [-0.2, 0) is 6.54 Å². The number of alkyl halides is 2. The smallest absolute Gasteiger partial charge is 0.261 e. The quantitative estimate of drug-likeness (QED) is 0.759. The van der Waals surface area contributed by atoms with Crippen molar-refractivity contribution in [2.45, 2.75) is 51.1 Å². The molecule has 1 aromatic heterocycles. The second-order valence-corrected chi connectivity index (χ2v) is 7.89. The highest BCUT2D eigenvalue weighted by Crippen LogP contribution is 2.31. The average molecular weight is 390 g/mol. The Labute approximate surface area is 164 Å². The number of fused-ring (bicyclic) bond motifs is 1. The summed E-state index contributed by atoms with van der Waals surface area (Å²) in [6.45, 7) is 4.50. The van der Waals surface area contributed by atoms with Gasteiger partial charge in [-0.2, -0.15) is 0 Å². The fraction of sp³-hybridized carbons (Fsp3) is 0.619. The third-order valence-corrected chi connectivity index (χ3v) is 6.03. The van der Waals surface area contributed by atoms with Crippen molar-refractivity contribution in [2.24, 2.45) is 0 Å². The third-order valence-electron chi connectivity index (χ3n) is 6.03. The number of halogens is 2. The summed E-state index contributed by atoms with van der Waals surface area (Å²) in [5.41, 5.74) is 0.236. The molecule has 2 aliphatic rings. The largest absolute Gasteiger partial charge is 0.302 e. The Kier molecular flexibility index (Phi) is 6.01. The first-order valence-corrected chi connectivity index (χ1v) is 10.4. The number of piperidine rings is 1. The molecule has 0 N–H and O–H groups in total. The summed E-state index contributed by atoms with van der Waals surface area (Å²) in [6.07, 6.45) is 3.09. The lowest BCUT2D eigenvalue weighted by molar-refractivity contribution is 0.119. The van der Waals surface area contributed by atoms with Crippen LogP contribution in [0.5, 0.6) is 0 Å². The average Bonchev–Trinajstić information content (AvgIpc) is 3.17. The van der Waals surface area contributed by atoms with E-state index in [0.717, 1.165) is 45.6 Å². The minimum Gasteiger partial charge on any atom is -0.302 e. The van der Waals surface area contributed by atoms with Crippen LogP contribution in [0.1, 0.15) is 44.0 Å². The number of rotatable bonds is 6. The topological polar surface area (TPSA) is 41.4 Å². The van der Waals surface area contributed by atoms with Gasteiger partial charge in [0.05, 0.1) is 23.5 Å². The van der Waals surface area contributed by atoms with Crippen LogP contribution < -0.4 is 5.56 Å². The van der Waals surface area contributed by atoms with Crippen molar-refractivity contribution in [1.82, 2.24) is 19.4 Å². The molecule has 0 spiro atoms. The minimum atomic E-state index is -2.58. The Morgan fingerprint density at radius 1 is 1.04 bits per heavy atom. The molecule has 4 rings (SSSR count). The zero-order valence-electron chi connectivity index (χ0n) is 16.2. The molecule has 1 atom stereocenters. The van der Waals surface area contributed by atoms with E-state index >= 15 is 0 Å². The van der Waals surface area contributed by atoms with E-state index in [4.69, 9.17) is 4.98 Å². The zero-order chi connectivity index (χ0) is 19.5. The van der Waals surface area contributed by atoms with Gasteiger partial charge >= 0.3 is 0 Å². The van der Waals surface area contributed by atoms with Gasteiger partial charge in [0.1, 0.15) is 5.82 Å². The van der Waals surface area contributed by atoms with E-state index in [1.807, 2.05) is 6.07 Å². The normalized spacial score (nSPS) is 21.8. The maximum absolute atomic E-state index is 13.2. The van der Waals surface area contributed by atoms with Crippen LogP contribution in [-0.4, -0.2) is 58.5 Å². The van der Waals surface area contributed by atoms with E-state index in [-0.39, 0.29) is 11.6 Å². The summed E-state index contributed by atoms with van der Waals surface area (Å²) in [7, 11) is 0. The molecule has 1 aromatic carbocycles. The highest BCUT2D eigenvalue weighted by Gasteiger charge is 2.31. The molecule has 0 saturated carbocycles. The molecule has 5 nitrogen and oxygen atoms in total. The Morgan fingerprint density at radius 2 is 1.82 bits per heavy atom. The predicted octanol–water partition coefficient (Wildman–Crippen LogP) is 3.28. The maximum Gasteiger partial charge on any atom is 0.261 e. The van der Waals surface area contributed by atoms with Gasteiger partial charge in [0.15, 0.2) is 0 Å².